The van der Waals surface area contributed by atoms with Crippen molar-refractivity contribution < 1.29 is 23.7 Å². The molecule has 4 rings (SSSR count). The molecule has 1 aliphatic heterocycles. The minimum atomic E-state index is -0.134. The number of carbonyl (C=O) groups excluding carboxylic acids is 1. The summed E-state index contributed by atoms with van der Waals surface area (Å²) in [5, 5.41) is 0.666. The van der Waals surface area contributed by atoms with Crippen LogP contribution in [0.1, 0.15) is 6.42 Å². The lowest BCUT2D eigenvalue weighted by molar-refractivity contribution is -0.120. The monoisotopic (exact) mass is 471 g/mol. The summed E-state index contributed by atoms with van der Waals surface area (Å²) in [6.45, 7) is 4.76. The molecule has 9 heteroatoms. The molecule has 1 fully saturated rings. The van der Waals surface area contributed by atoms with Gasteiger partial charge in [-0.25, -0.2) is 4.98 Å². The molecule has 0 bridgehead atoms. The number of amides is 1. The van der Waals surface area contributed by atoms with Gasteiger partial charge in [-0.05, 0) is 30.7 Å². The first-order chi connectivity index (χ1) is 16.2. The highest BCUT2D eigenvalue weighted by molar-refractivity contribution is 7.22. The summed E-state index contributed by atoms with van der Waals surface area (Å²) in [6.07, 6.45) is 0.837. The van der Waals surface area contributed by atoms with Crippen LogP contribution in [0, 0.1) is 0 Å². The van der Waals surface area contributed by atoms with Crippen LogP contribution >= 0.6 is 11.3 Å². The Hall–Kier alpha value is -2.88. The fourth-order valence-electron chi connectivity index (χ4n) is 3.66. The Labute approximate surface area is 197 Å². The highest BCUT2D eigenvalue weighted by Crippen LogP contribution is 2.31. The summed E-state index contributed by atoms with van der Waals surface area (Å²) in [5.74, 6) is 1.88. The van der Waals surface area contributed by atoms with E-state index in [4.69, 9.17) is 23.9 Å². The lowest BCUT2D eigenvalue weighted by Gasteiger charge is -2.27. The van der Waals surface area contributed by atoms with Gasteiger partial charge in [0.1, 0.15) is 17.2 Å². The summed E-state index contributed by atoms with van der Waals surface area (Å²) < 4.78 is 22.8. The first kappa shape index (κ1) is 23.3. The highest BCUT2D eigenvalue weighted by atomic mass is 32.1. The molecular weight excluding hydrogens is 442 g/mol. The van der Waals surface area contributed by atoms with Gasteiger partial charge in [0.15, 0.2) is 11.7 Å². The number of nitrogens with zero attached hydrogens (tertiary/aromatic N) is 3. The average Bonchev–Trinajstić information content (AvgIpc) is 3.28. The number of carbonyl (C=O) groups is 1. The third-order valence-corrected chi connectivity index (χ3v) is 6.54. The zero-order chi connectivity index (χ0) is 23.0. The van der Waals surface area contributed by atoms with Gasteiger partial charge in [0.05, 0.1) is 37.6 Å². The Bertz CT molecular complexity index is 1070. The maximum Gasteiger partial charge on any atom is 0.266 e. The van der Waals surface area contributed by atoms with E-state index in [9.17, 15) is 4.79 Å². The second-order valence-corrected chi connectivity index (χ2v) is 8.66. The van der Waals surface area contributed by atoms with Crippen LogP contribution < -0.4 is 19.1 Å². The smallest absolute Gasteiger partial charge is 0.266 e. The Morgan fingerprint density at radius 3 is 2.64 bits per heavy atom. The number of benzene rings is 2. The molecule has 2 aromatic carbocycles. The molecule has 0 radical (unpaired) electrons. The molecular formula is C24H29N3O5S. The highest BCUT2D eigenvalue weighted by Gasteiger charge is 2.21. The van der Waals surface area contributed by atoms with E-state index in [0.29, 0.717) is 23.2 Å². The van der Waals surface area contributed by atoms with E-state index >= 15 is 0 Å². The van der Waals surface area contributed by atoms with Crippen LogP contribution in [-0.4, -0.2) is 76.0 Å². The normalized spacial score (nSPS) is 14.2. The van der Waals surface area contributed by atoms with Gasteiger partial charge in [0.2, 0.25) is 0 Å². The van der Waals surface area contributed by atoms with Crippen molar-refractivity contribution in [2.75, 3.05) is 65.1 Å². The molecule has 2 heterocycles. The molecule has 0 saturated carbocycles. The average molecular weight is 472 g/mol. The van der Waals surface area contributed by atoms with Gasteiger partial charge in [-0.15, -0.1) is 0 Å². The standard InChI is InChI=1S/C24H29N3O5S/c1-29-18-5-3-6-20(15-18)32-17-23(28)27(10-4-9-26-11-13-31-14-12-26)24-25-21-16-19(30-2)7-8-22(21)33-24/h3,5-8,15-16H,4,9-14,17H2,1-2H3. The SMILES string of the molecule is COc1cccc(OCC(=O)N(CCCN2CCOCC2)c2nc3cc(OC)ccc3s2)c1. The molecule has 8 nitrogen and oxygen atoms in total. The molecule has 176 valence electrons. The number of hydrogen-bond donors (Lipinski definition) is 0. The largest absolute Gasteiger partial charge is 0.497 e. The van der Waals surface area contributed by atoms with E-state index < -0.39 is 0 Å². The molecule has 0 aliphatic carbocycles. The summed E-state index contributed by atoms with van der Waals surface area (Å²) in [6, 6.07) is 13.0. The zero-order valence-corrected chi connectivity index (χ0v) is 19.8. The van der Waals surface area contributed by atoms with Crippen molar-refractivity contribution in [2.45, 2.75) is 6.42 Å². The third-order valence-electron chi connectivity index (χ3n) is 5.48. The Kier molecular flexibility index (Phi) is 7.98. The molecule has 0 N–H and O–H groups in total. The second-order valence-electron chi connectivity index (χ2n) is 7.65. The summed E-state index contributed by atoms with van der Waals surface area (Å²) in [4.78, 5) is 22.1. The molecule has 1 aliphatic rings. The molecule has 3 aromatic rings. The van der Waals surface area contributed by atoms with Gasteiger partial charge in [-0.1, -0.05) is 17.4 Å². The summed E-state index contributed by atoms with van der Waals surface area (Å²) in [7, 11) is 3.23. The van der Waals surface area contributed by atoms with Crippen LogP contribution in [-0.2, 0) is 9.53 Å². The van der Waals surface area contributed by atoms with Gasteiger partial charge >= 0.3 is 0 Å². The molecule has 1 aromatic heterocycles. The summed E-state index contributed by atoms with van der Waals surface area (Å²) in [5.41, 5.74) is 0.814. The van der Waals surface area contributed by atoms with Crippen LogP contribution in [0.2, 0.25) is 0 Å². The van der Waals surface area contributed by atoms with Crippen LogP contribution in [0.3, 0.4) is 0 Å². The zero-order valence-electron chi connectivity index (χ0n) is 19.0. The van der Waals surface area contributed by atoms with E-state index in [1.165, 1.54) is 11.3 Å². The number of ether oxygens (including phenoxy) is 4. The van der Waals surface area contributed by atoms with Crippen molar-refractivity contribution in [3.63, 3.8) is 0 Å². The Morgan fingerprint density at radius 1 is 1.09 bits per heavy atom. The topological polar surface area (TPSA) is 73.4 Å². The molecule has 33 heavy (non-hydrogen) atoms. The quantitative estimate of drug-likeness (QED) is 0.448. The fraction of sp³-hybridized carbons (Fsp3) is 0.417. The molecule has 0 unspecified atom stereocenters. The number of morpholine rings is 1. The Balaban J connectivity index is 1.47. The predicted octanol–water partition coefficient (Wildman–Crippen LogP) is 3.45. The number of aromatic nitrogens is 1. The maximum atomic E-state index is 13.2. The van der Waals surface area contributed by atoms with E-state index in [1.807, 2.05) is 36.4 Å². The van der Waals surface area contributed by atoms with Crippen molar-refractivity contribution >= 4 is 32.6 Å². The van der Waals surface area contributed by atoms with Crippen molar-refractivity contribution in [3.8, 4) is 17.2 Å². The Morgan fingerprint density at radius 2 is 1.85 bits per heavy atom. The van der Waals surface area contributed by atoms with Gasteiger partial charge in [-0.3, -0.25) is 14.6 Å². The van der Waals surface area contributed by atoms with Gasteiger partial charge in [0.25, 0.3) is 5.91 Å². The van der Waals surface area contributed by atoms with Crippen LogP contribution in [0.4, 0.5) is 5.13 Å². The minimum absolute atomic E-state index is 0.0794. The van der Waals surface area contributed by atoms with Gasteiger partial charge < -0.3 is 18.9 Å². The lowest BCUT2D eigenvalue weighted by atomic mass is 10.3. The number of anilines is 1. The van der Waals surface area contributed by atoms with Crippen LogP contribution in [0.25, 0.3) is 10.2 Å². The fourth-order valence-corrected chi connectivity index (χ4v) is 4.64. The van der Waals surface area contributed by atoms with Crippen molar-refractivity contribution in [1.29, 1.82) is 0 Å². The number of rotatable bonds is 10. The van der Waals surface area contributed by atoms with Crippen molar-refractivity contribution in [1.82, 2.24) is 9.88 Å². The number of fused-ring (bicyclic) bond motifs is 1. The van der Waals surface area contributed by atoms with Crippen LogP contribution in [0.5, 0.6) is 17.2 Å². The van der Waals surface area contributed by atoms with Crippen molar-refractivity contribution in [3.05, 3.63) is 42.5 Å². The third kappa shape index (κ3) is 6.13. The second kappa shape index (κ2) is 11.3. The molecule has 0 atom stereocenters. The predicted molar refractivity (Wildman–Crippen MR) is 129 cm³/mol. The minimum Gasteiger partial charge on any atom is -0.497 e. The van der Waals surface area contributed by atoms with Crippen molar-refractivity contribution in [2.24, 2.45) is 0 Å². The molecule has 0 spiro atoms. The maximum absolute atomic E-state index is 13.2. The van der Waals surface area contributed by atoms with Gasteiger partial charge in [-0.2, -0.15) is 0 Å². The molecule has 1 amide bonds. The summed E-state index contributed by atoms with van der Waals surface area (Å²) >= 11 is 1.50. The lowest BCUT2D eigenvalue weighted by Crippen LogP contribution is -2.40. The van der Waals surface area contributed by atoms with E-state index in [2.05, 4.69) is 4.90 Å². The van der Waals surface area contributed by atoms with E-state index in [-0.39, 0.29) is 12.5 Å². The first-order valence-electron chi connectivity index (χ1n) is 11.0. The van der Waals surface area contributed by atoms with E-state index in [0.717, 1.165) is 55.2 Å². The first-order valence-corrected chi connectivity index (χ1v) is 11.8. The number of hydrogen-bond acceptors (Lipinski definition) is 8. The number of methoxy groups -OCH3 is 2. The molecule has 1 saturated heterocycles. The van der Waals surface area contributed by atoms with E-state index in [1.54, 1.807) is 25.2 Å². The number of thiazole rings is 1. The van der Waals surface area contributed by atoms with Crippen LogP contribution in [0.15, 0.2) is 42.5 Å². The van der Waals surface area contributed by atoms with Gasteiger partial charge in [0, 0.05) is 38.3 Å².